The lowest BCUT2D eigenvalue weighted by atomic mass is 9.73. The first kappa shape index (κ1) is 9.13. The number of fused-ring (bicyclic) bond motifs is 1. The van der Waals surface area contributed by atoms with Crippen molar-refractivity contribution in [2.75, 3.05) is 0 Å². The number of benzene rings is 1. The number of nitrogens with two attached hydrogens (primary N) is 1. The second-order valence-corrected chi connectivity index (χ2v) is 5.03. The van der Waals surface area contributed by atoms with Crippen LogP contribution in [0.15, 0.2) is 41.8 Å². The Hall–Kier alpha value is -1.12. The van der Waals surface area contributed by atoms with Gasteiger partial charge in [0.25, 0.3) is 0 Å². The summed E-state index contributed by atoms with van der Waals surface area (Å²) in [5.74, 6) is 0.528. The van der Waals surface area contributed by atoms with Gasteiger partial charge in [-0.1, -0.05) is 30.3 Å². The van der Waals surface area contributed by atoms with Gasteiger partial charge in [0.1, 0.15) is 0 Å². The Bertz CT molecular complexity index is 461. The maximum Gasteiger partial charge on any atom is 0.0462 e. The number of thiophene rings is 1. The molecule has 2 aromatic rings. The van der Waals surface area contributed by atoms with Crippen molar-refractivity contribution in [3.8, 4) is 0 Å². The summed E-state index contributed by atoms with van der Waals surface area (Å²) in [6, 6.07) is 13.0. The van der Waals surface area contributed by atoms with Crippen LogP contribution in [-0.4, -0.2) is 0 Å². The Morgan fingerprint density at radius 3 is 2.80 bits per heavy atom. The van der Waals surface area contributed by atoms with E-state index in [0.717, 1.165) is 6.42 Å². The van der Waals surface area contributed by atoms with Gasteiger partial charge in [0.15, 0.2) is 0 Å². The van der Waals surface area contributed by atoms with Gasteiger partial charge in [-0.05, 0) is 29.0 Å². The third-order valence-electron chi connectivity index (χ3n) is 3.20. The minimum absolute atomic E-state index is 0.180. The average Bonchev–Trinajstić information content (AvgIpc) is 2.72. The van der Waals surface area contributed by atoms with E-state index in [0.29, 0.717) is 5.92 Å². The van der Waals surface area contributed by atoms with E-state index in [2.05, 4.69) is 41.8 Å². The molecule has 0 radical (unpaired) electrons. The van der Waals surface area contributed by atoms with Gasteiger partial charge in [0, 0.05) is 16.8 Å². The molecule has 15 heavy (non-hydrogen) atoms. The standard InChI is InChI=1S/C13H13NS/c14-13(12-6-3-7-15-12)11-8-9-4-1-2-5-10(9)11/h1-7,11,13H,8,14H2. The van der Waals surface area contributed by atoms with Gasteiger partial charge in [-0.15, -0.1) is 11.3 Å². The first-order chi connectivity index (χ1) is 7.36. The predicted octanol–water partition coefficient (Wildman–Crippen LogP) is 3.09. The van der Waals surface area contributed by atoms with Crippen molar-refractivity contribution in [2.45, 2.75) is 18.4 Å². The zero-order valence-corrected chi connectivity index (χ0v) is 9.21. The fraction of sp³-hybridized carbons (Fsp3) is 0.231. The van der Waals surface area contributed by atoms with E-state index in [1.807, 2.05) is 0 Å². The van der Waals surface area contributed by atoms with E-state index < -0.39 is 0 Å². The molecule has 1 aliphatic carbocycles. The molecular formula is C13H13NS. The molecule has 0 aliphatic heterocycles. The zero-order chi connectivity index (χ0) is 10.3. The molecule has 2 heteroatoms. The molecule has 2 unspecified atom stereocenters. The number of hydrogen-bond donors (Lipinski definition) is 1. The Morgan fingerprint density at radius 2 is 2.07 bits per heavy atom. The molecule has 2 atom stereocenters. The summed E-state index contributed by atoms with van der Waals surface area (Å²) in [5.41, 5.74) is 9.18. The van der Waals surface area contributed by atoms with Crippen LogP contribution in [0.25, 0.3) is 0 Å². The van der Waals surface area contributed by atoms with Crippen molar-refractivity contribution in [3.05, 3.63) is 57.8 Å². The molecule has 0 saturated carbocycles. The summed E-state index contributed by atoms with van der Waals surface area (Å²) >= 11 is 1.76. The summed E-state index contributed by atoms with van der Waals surface area (Å²) in [6.45, 7) is 0. The summed E-state index contributed by atoms with van der Waals surface area (Å²) in [4.78, 5) is 1.30. The summed E-state index contributed by atoms with van der Waals surface area (Å²) < 4.78 is 0. The fourth-order valence-corrected chi connectivity index (χ4v) is 3.09. The smallest absolute Gasteiger partial charge is 0.0462 e. The van der Waals surface area contributed by atoms with Crippen LogP contribution in [-0.2, 0) is 6.42 Å². The molecule has 0 amide bonds. The van der Waals surface area contributed by atoms with Gasteiger partial charge in [0.05, 0.1) is 0 Å². The molecule has 1 aliphatic rings. The highest BCUT2D eigenvalue weighted by molar-refractivity contribution is 7.10. The zero-order valence-electron chi connectivity index (χ0n) is 8.39. The molecule has 0 fully saturated rings. The van der Waals surface area contributed by atoms with Crippen molar-refractivity contribution in [1.82, 2.24) is 0 Å². The Labute approximate surface area is 93.6 Å². The van der Waals surface area contributed by atoms with Gasteiger partial charge in [0.2, 0.25) is 0 Å². The van der Waals surface area contributed by atoms with Crippen molar-refractivity contribution in [1.29, 1.82) is 0 Å². The van der Waals surface area contributed by atoms with Crippen LogP contribution in [0.2, 0.25) is 0 Å². The van der Waals surface area contributed by atoms with Crippen LogP contribution in [0.4, 0.5) is 0 Å². The van der Waals surface area contributed by atoms with Crippen LogP contribution in [0.3, 0.4) is 0 Å². The number of rotatable bonds is 2. The van der Waals surface area contributed by atoms with Crippen LogP contribution in [0.5, 0.6) is 0 Å². The third kappa shape index (κ3) is 1.41. The minimum atomic E-state index is 0.180. The van der Waals surface area contributed by atoms with E-state index >= 15 is 0 Å². The largest absolute Gasteiger partial charge is 0.323 e. The minimum Gasteiger partial charge on any atom is -0.323 e. The highest BCUT2D eigenvalue weighted by Crippen LogP contribution is 2.42. The lowest BCUT2D eigenvalue weighted by Gasteiger charge is -2.34. The molecule has 1 aromatic carbocycles. The Morgan fingerprint density at radius 1 is 1.20 bits per heavy atom. The SMILES string of the molecule is NC(c1cccs1)C1Cc2ccccc21. The molecule has 0 bridgehead atoms. The molecule has 2 N–H and O–H groups in total. The monoisotopic (exact) mass is 215 g/mol. The number of hydrogen-bond acceptors (Lipinski definition) is 2. The molecule has 1 heterocycles. The van der Waals surface area contributed by atoms with Crippen molar-refractivity contribution < 1.29 is 0 Å². The van der Waals surface area contributed by atoms with Gasteiger partial charge in [-0.2, -0.15) is 0 Å². The van der Waals surface area contributed by atoms with Crippen molar-refractivity contribution in [3.63, 3.8) is 0 Å². The van der Waals surface area contributed by atoms with Crippen LogP contribution in [0.1, 0.15) is 28.0 Å². The van der Waals surface area contributed by atoms with Gasteiger partial charge in [-0.25, -0.2) is 0 Å². The Balaban J connectivity index is 1.88. The third-order valence-corrected chi connectivity index (χ3v) is 4.17. The lowest BCUT2D eigenvalue weighted by molar-refractivity contribution is 0.506. The Kier molecular flexibility index (Phi) is 2.11. The normalized spacial score (nSPS) is 20.5. The van der Waals surface area contributed by atoms with E-state index in [9.17, 15) is 0 Å². The van der Waals surface area contributed by atoms with Crippen LogP contribution in [0, 0.1) is 0 Å². The van der Waals surface area contributed by atoms with E-state index in [-0.39, 0.29) is 6.04 Å². The van der Waals surface area contributed by atoms with Crippen LogP contribution >= 0.6 is 11.3 Å². The van der Waals surface area contributed by atoms with Crippen molar-refractivity contribution >= 4 is 11.3 Å². The molecule has 1 nitrogen and oxygen atoms in total. The first-order valence-corrected chi connectivity index (χ1v) is 6.11. The summed E-state index contributed by atoms with van der Waals surface area (Å²) in [6.07, 6.45) is 1.13. The van der Waals surface area contributed by atoms with E-state index in [4.69, 9.17) is 5.73 Å². The highest BCUT2D eigenvalue weighted by atomic mass is 32.1. The van der Waals surface area contributed by atoms with Crippen molar-refractivity contribution in [2.24, 2.45) is 5.73 Å². The predicted molar refractivity (Wildman–Crippen MR) is 64.1 cm³/mol. The molecule has 3 rings (SSSR count). The molecule has 1 aromatic heterocycles. The van der Waals surface area contributed by atoms with Gasteiger partial charge >= 0.3 is 0 Å². The quantitative estimate of drug-likeness (QED) is 0.818. The topological polar surface area (TPSA) is 26.0 Å². The summed E-state index contributed by atoms with van der Waals surface area (Å²) in [5, 5.41) is 2.10. The van der Waals surface area contributed by atoms with E-state index in [1.165, 1.54) is 16.0 Å². The maximum absolute atomic E-state index is 6.27. The first-order valence-electron chi connectivity index (χ1n) is 5.23. The van der Waals surface area contributed by atoms with Crippen LogP contribution < -0.4 is 5.73 Å². The molecular weight excluding hydrogens is 202 g/mol. The van der Waals surface area contributed by atoms with Gasteiger partial charge < -0.3 is 5.73 Å². The lowest BCUT2D eigenvalue weighted by Crippen LogP contribution is -2.28. The fourth-order valence-electron chi connectivity index (χ4n) is 2.30. The second-order valence-electron chi connectivity index (χ2n) is 4.05. The van der Waals surface area contributed by atoms with E-state index in [1.54, 1.807) is 11.3 Å². The maximum atomic E-state index is 6.27. The summed E-state index contributed by atoms with van der Waals surface area (Å²) in [7, 11) is 0. The molecule has 76 valence electrons. The average molecular weight is 215 g/mol. The van der Waals surface area contributed by atoms with Gasteiger partial charge in [-0.3, -0.25) is 0 Å². The second kappa shape index (κ2) is 3.47. The molecule has 0 saturated heterocycles. The molecule has 0 spiro atoms. The highest BCUT2D eigenvalue weighted by Gasteiger charge is 2.31.